The van der Waals surface area contributed by atoms with E-state index < -0.39 is 18.2 Å². The SMILES string of the molecule is CCCCC/C=C/C=C/C=C/C=C/CCCCCCCC(=O)OC(CCCCC/C=C/CCCCCCCCC)CC(=O)NC(CO)C(O)CCCCCCCCCCCCCCCCCCC. The largest absolute Gasteiger partial charge is 0.462 e. The Morgan fingerprint density at radius 1 is 0.426 bits per heavy atom. The monoisotopic (exact) mass is 952 g/mol. The summed E-state index contributed by atoms with van der Waals surface area (Å²) in [6.45, 7) is 6.46. The van der Waals surface area contributed by atoms with Crippen LogP contribution < -0.4 is 5.32 Å². The summed E-state index contributed by atoms with van der Waals surface area (Å²) in [5.74, 6) is -0.507. The minimum absolute atomic E-state index is 0.0571. The van der Waals surface area contributed by atoms with Gasteiger partial charge in [0.15, 0.2) is 0 Å². The van der Waals surface area contributed by atoms with Crippen LogP contribution in [0.2, 0.25) is 0 Å². The summed E-state index contributed by atoms with van der Waals surface area (Å²) in [5, 5.41) is 23.9. The number of nitrogens with one attached hydrogen (secondary N) is 1. The maximum atomic E-state index is 13.3. The highest BCUT2D eigenvalue weighted by molar-refractivity contribution is 5.77. The van der Waals surface area contributed by atoms with E-state index in [4.69, 9.17) is 4.74 Å². The van der Waals surface area contributed by atoms with Gasteiger partial charge in [-0.1, -0.05) is 268 Å². The number of allylic oxidation sites excluding steroid dienone is 10. The summed E-state index contributed by atoms with van der Waals surface area (Å²) in [6, 6.07) is -0.714. The number of esters is 1. The Morgan fingerprint density at radius 3 is 1.22 bits per heavy atom. The normalized spacial score (nSPS) is 13.5. The number of ether oxygens (including phenoxy) is 1. The van der Waals surface area contributed by atoms with Crippen LogP contribution in [0.25, 0.3) is 0 Å². The van der Waals surface area contributed by atoms with Crippen LogP contribution >= 0.6 is 0 Å². The second-order valence-electron chi connectivity index (χ2n) is 20.1. The zero-order valence-corrected chi connectivity index (χ0v) is 45.2. The molecule has 0 radical (unpaired) electrons. The van der Waals surface area contributed by atoms with Crippen molar-refractivity contribution in [2.45, 2.75) is 315 Å². The molecule has 0 bridgehead atoms. The van der Waals surface area contributed by atoms with Crippen LogP contribution in [0.5, 0.6) is 0 Å². The molecule has 6 heteroatoms. The molecule has 0 aromatic carbocycles. The Morgan fingerprint density at radius 2 is 0.765 bits per heavy atom. The van der Waals surface area contributed by atoms with E-state index in [9.17, 15) is 19.8 Å². The van der Waals surface area contributed by atoms with E-state index in [0.29, 0.717) is 19.3 Å². The molecule has 0 aliphatic heterocycles. The zero-order chi connectivity index (χ0) is 49.5. The Hall–Kier alpha value is -2.44. The van der Waals surface area contributed by atoms with E-state index in [2.05, 4.69) is 86.8 Å². The third kappa shape index (κ3) is 50.0. The molecule has 0 rings (SSSR count). The molecule has 0 aromatic heterocycles. The number of hydrogen-bond donors (Lipinski definition) is 3. The second-order valence-corrected chi connectivity index (χ2v) is 20.1. The fraction of sp³-hybridized carbons (Fsp3) is 0.806. The van der Waals surface area contributed by atoms with Gasteiger partial charge in [-0.2, -0.15) is 0 Å². The fourth-order valence-electron chi connectivity index (χ4n) is 8.91. The Balaban J connectivity index is 4.58. The highest BCUT2D eigenvalue weighted by Crippen LogP contribution is 2.18. The lowest BCUT2D eigenvalue weighted by atomic mass is 10.0. The van der Waals surface area contributed by atoms with Crippen molar-refractivity contribution < 1.29 is 24.5 Å². The predicted octanol–water partition coefficient (Wildman–Crippen LogP) is 18.4. The van der Waals surface area contributed by atoms with E-state index in [1.54, 1.807) is 0 Å². The van der Waals surface area contributed by atoms with Crippen LogP contribution in [0.1, 0.15) is 297 Å². The maximum Gasteiger partial charge on any atom is 0.306 e. The number of carbonyl (C=O) groups excluding carboxylic acids is 2. The average Bonchev–Trinajstić information content (AvgIpc) is 3.33. The minimum Gasteiger partial charge on any atom is -0.462 e. The van der Waals surface area contributed by atoms with E-state index in [1.165, 1.54) is 154 Å². The van der Waals surface area contributed by atoms with Crippen molar-refractivity contribution in [1.82, 2.24) is 5.32 Å². The van der Waals surface area contributed by atoms with Crippen molar-refractivity contribution in [3.63, 3.8) is 0 Å². The van der Waals surface area contributed by atoms with E-state index in [0.717, 1.165) is 96.3 Å². The lowest BCUT2D eigenvalue weighted by Crippen LogP contribution is -2.46. The topological polar surface area (TPSA) is 95.9 Å². The maximum absolute atomic E-state index is 13.3. The molecule has 0 aromatic rings. The number of aliphatic hydroxyl groups is 2. The molecule has 0 fully saturated rings. The van der Waals surface area contributed by atoms with Crippen LogP contribution in [0.4, 0.5) is 0 Å². The lowest BCUT2D eigenvalue weighted by molar-refractivity contribution is -0.151. The van der Waals surface area contributed by atoms with E-state index in [-0.39, 0.29) is 24.9 Å². The van der Waals surface area contributed by atoms with Gasteiger partial charge in [-0.05, 0) is 77.0 Å². The average molecular weight is 953 g/mol. The van der Waals surface area contributed by atoms with Gasteiger partial charge in [0.25, 0.3) is 0 Å². The molecular weight excluding hydrogens is 839 g/mol. The number of unbranched alkanes of at least 4 members (excludes halogenated alkanes) is 34. The fourth-order valence-corrected chi connectivity index (χ4v) is 8.91. The van der Waals surface area contributed by atoms with Crippen LogP contribution in [0.15, 0.2) is 60.8 Å². The first-order chi connectivity index (χ1) is 33.5. The Labute approximate surface area is 422 Å². The third-order valence-electron chi connectivity index (χ3n) is 13.4. The van der Waals surface area contributed by atoms with Crippen molar-refractivity contribution in [1.29, 1.82) is 0 Å². The van der Waals surface area contributed by atoms with Gasteiger partial charge in [0.05, 0.1) is 25.2 Å². The molecule has 3 atom stereocenters. The zero-order valence-electron chi connectivity index (χ0n) is 45.2. The summed E-state index contributed by atoms with van der Waals surface area (Å²) in [6.07, 6.45) is 69.9. The summed E-state index contributed by atoms with van der Waals surface area (Å²) >= 11 is 0. The number of amides is 1. The molecule has 3 unspecified atom stereocenters. The molecule has 0 heterocycles. The standard InChI is InChI=1S/C62H113NO5/c1-4-7-10-13-16-19-22-25-28-30-32-34-37-40-43-46-49-52-55-62(67)68-58(53-50-47-44-41-38-35-27-24-21-18-15-12-9-6-3)56-61(66)63-59(57-64)60(65)54-51-48-45-42-39-36-33-31-29-26-23-20-17-14-11-8-5-2/h16,19,22,25,28,30,32,34-35,38,58-60,64-65H,4-15,17-18,20-21,23-24,26-27,29,31,33,36-37,39-57H2,1-3H3,(H,63,66)/b19-16+,25-22+,30-28+,34-32+,38-35+. The van der Waals surface area contributed by atoms with Gasteiger partial charge in [-0.25, -0.2) is 0 Å². The third-order valence-corrected chi connectivity index (χ3v) is 13.4. The molecule has 6 nitrogen and oxygen atoms in total. The van der Waals surface area contributed by atoms with Gasteiger partial charge in [0.1, 0.15) is 6.10 Å². The minimum atomic E-state index is -0.798. The highest BCUT2D eigenvalue weighted by atomic mass is 16.5. The summed E-state index contributed by atoms with van der Waals surface area (Å²) in [7, 11) is 0. The smallest absolute Gasteiger partial charge is 0.306 e. The first-order valence-electron chi connectivity index (χ1n) is 29.6. The number of rotatable bonds is 53. The van der Waals surface area contributed by atoms with Gasteiger partial charge < -0.3 is 20.3 Å². The molecule has 3 N–H and O–H groups in total. The van der Waals surface area contributed by atoms with Crippen LogP contribution in [-0.4, -0.2) is 46.9 Å². The molecule has 0 aliphatic carbocycles. The van der Waals surface area contributed by atoms with Crippen LogP contribution in [0.3, 0.4) is 0 Å². The van der Waals surface area contributed by atoms with Crippen molar-refractivity contribution in [3.8, 4) is 0 Å². The van der Waals surface area contributed by atoms with Gasteiger partial charge in [0.2, 0.25) is 5.91 Å². The lowest BCUT2D eigenvalue weighted by Gasteiger charge is -2.24. The first-order valence-corrected chi connectivity index (χ1v) is 29.6. The van der Waals surface area contributed by atoms with Crippen molar-refractivity contribution in [2.75, 3.05) is 6.61 Å². The van der Waals surface area contributed by atoms with Crippen LogP contribution in [-0.2, 0) is 14.3 Å². The second kappa shape index (κ2) is 55.5. The van der Waals surface area contributed by atoms with E-state index in [1.807, 2.05) is 0 Å². The predicted molar refractivity (Wildman–Crippen MR) is 296 cm³/mol. The number of hydrogen-bond acceptors (Lipinski definition) is 5. The van der Waals surface area contributed by atoms with Crippen molar-refractivity contribution in [3.05, 3.63) is 60.8 Å². The number of aliphatic hydroxyl groups excluding tert-OH is 2. The Kier molecular flexibility index (Phi) is 53.5. The molecule has 68 heavy (non-hydrogen) atoms. The molecular formula is C62H113NO5. The van der Waals surface area contributed by atoms with Crippen molar-refractivity contribution >= 4 is 11.9 Å². The molecule has 0 spiro atoms. The Bertz CT molecular complexity index is 1210. The van der Waals surface area contributed by atoms with Gasteiger partial charge in [-0.15, -0.1) is 0 Å². The van der Waals surface area contributed by atoms with E-state index >= 15 is 0 Å². The molecule has 0 saturated carbocycles. The van der Waals surface area contributed by atoms with Crippen LogP contribution in [0, 0.1) is 0 Å². The van der Waals surface area contributed by atoms with Crippen molar-refractivity contribution in [2.24, 2.45) is 0 Å². The molecule has 0 saturated heterocycles. The quantitative estimate of drug-likeness (QED) is 0.0244. The summed E-state index contributed by atoms with van der Waals surface area (Å²) in [4.78, 5) is 26.3. The van der Waals surface area contributed by atoms with Gasteiger partial charge in [-0.3, -0.25) is 9.59 Å². The van der Waals surface area contributed by atoms with Gasteiger partial charge >= 0.3 is 5.97 Å². The first kappa shape index (κ1) is 65.6. The number of carbonyl (C=O) groups is 2. The highest BCUT2D eigenvalue weighted by Gasteiger charge is 2.24. The molecule has 0 aliphatic rings. The molecule has 396 valence electrons. The van der Waals surface area contributed by atoms with Gasteiger partial charge in [0, 0.05) is 6.42 Å². The summed E-state index contributed by atoms with van der Waals surface area (Å²) in [5.41, 5.74) is 0. The molecule has 1 amide bonds. The summed E-state index contributed by atoms with van der Waals surface area (Å²) < 4.78 is 5.95.